The molecule has 0 aromatic heterocycles. The van der Waals surface area contributed by atoms with E-state index in [4.69, 9.17) is 0 Å². The molecular weight excluding hydrogens is 383 g/mol. The standard InChI is InChI=1S/C24H21F5/c1-2-16-5-7-17(8-6-16)18-9-11-19(12-10-18)20-14-22(25)21(23(26)15-20)4-3-13-24(27,28)29/h2,9-12,14-17H,1,5-8,13H2. The maximum Gasteiger partial charge on any atom is 0.399 e. The molecular formula is C24H21F5. The van der Waals surface area contributed by atoms with Crippen LogP contribution in [0.3, 0.4) is 0 Å². The zero-order valence-electron chi connectivity index (χ0n) is 15.8. The van der Waals surface area contributed by atoms with E-state index < -0.39 is 29.8 Å². The number of rotatable bonds is 3. The van der Waals surface area contributed by atoms with Crippen LogP contribution in [0, 0.1) is 29.4 Å². The van der Waals surface area contributed by atoms with E-state index in [9.17, 15) is 22.0 Å². The highest BCUT2D eigenvalue weighted by Gasteiger charge is 2.25. The van der Waals surface area contributed by atoms with Crippen molar-refractivity contribution in [3.63, 3.8) is 0 Å². The van der Waals surface area contributed by atoms with E-state index in [1.807, 2.05) is 36.3 Å². The smallest absolute Gasteiger partial charge is 0.205 e. The second kappa shape index (κ2) is 8.82. The molecule has 29 heavy (non-hydrogen) atoms. The van der Waals surface area contributed by atoms with Gasteiger partial charge in [0, 0.05) is 0 Å². The summed E-state index contributed by atoms with van der Waals surface area (Å²) in [6.07, 6.45) is 0.511. The molecule has 0 bridgehead atoms. The third-order valence-corrected chi connectivity index (χ3v) is 5.36. The predicted molar refractivity (Wildman–Crippen MR) is 104 cm³/mol. The van der Waals surface area contributed by atoms with Crippen LogP contribution in [0.15, 0.2) is 49.1 Å². The summed E-state index contributed by atoms with van der Waals surface area (Å²) < 4.78 is 64.9. The molecule has 1 aliphatic carbocycles. The fourth-order valence-electron chi connectivity index (χ4n) is 3.73. The Morgan fingerprint density at radius 3 is 2.03 bits per heavy atom. The molecule has 0 heterocycles. The van der Waals surface area contributed by atoms with Crippen LogP contribution < -0.4 is 0 Å². The van der Waals surface area contributed by atoms with Gasteiger partial charge in [-0.05, 0) is 66.3 Å². The van der Waals surface area contributed by atoms with Crippen molar-refractivity contribution in [2.24, 2.45) is 5.92 Å². The summed E-state index contributed by atoms with van der Waals surface area (Å²) >= 11 is 0. The van der Waals surface area contributed by atoms with E-state index in [1.165, 1.54) is 5.56 Å². The molecule has 0 nitrogen and oxygen atoms in total. The molecule has 2 aromatic rings. The van der Waals surface area contributed by atoms with Crippen molar-refractivity contribution in [1.82, 2.24) is 0 Å². The Labute approximate surface area is 167 Å². The molecule has 1 fully saturated rings. The van der Waals surface area contributed by atoms with E-state index in [0.717, 1.165) is 37.8 Å². The van der Waals surface area contributed by atoms with Crippen molar-refractivity contribution in [2.45, 2.75) is 44.2 Å². The van der Waals surface area contributed by atoms with E-state index in [0.29, 0.717) is 23.0 Å². The quantitative estimate of drug-likeness (QED) is 0.284. The molecule has 152 valence electrons. The van der Waals surface area contributed by atoms with E-state index >= 15 is 0 Å². The zero-order valence-corrected chi connectivity index (χ0v) is 15.8. The Morgan fingerprint density at radius 1 is 0.931 bits per heavy atom. The molecule has 0 amide bonds. The van der Waals surface area contributed by atoms with Gasteiger partial charge in [-0.25, -0.2) is 8.78 Å². The summed E-state index contributed by atoms with van der Waals surface area (Å²) in [4.78, 5) is 0. The van der Waals surface area contributed by atoms with Gasteiger partial charge >= 0.3 is 6.18 Å². The summed E-state index contributed by atoms with van der Waals surface area (Å²) in [5, 5.41) is 0. The third kappa shape index (κ3) is 5.47. The zero-order chi connectivity index (χ0) is 21.0. The summed E-state index contributed by atoms with van der Waals surface area (Å²) in [5.41, 5.74) is 1.52. The molecule has 3 rings (SSSR count). The molecule has 0 radical (unpaired) electrons. The van der Waals surface area contributed by atoms with Crippen LogP contribution in [-0.2, 0) is 0 Å². The Bertz CT molecular complexity index is 897. The van der Waals surface area contributed by atoms with Gasteiger partial charge in [0.1, 0.15) is 18.1 Å². The average Bonchev–Trinajstić information content (AvgIpc) is 2.69. The lowest BCUT2D eigenvalue weighted by Crippen LogP contribution is -2.11. The minimum Gasteiger partial charge on any atom is -0.205 e. The first kappa shape index (κ1) is 21.1. The number of alkyl halides is 3. The molecule has 1 aliphatic rings. The average molecular weight is 404 g/mol. The van der Waals surface area contributed by atoms with Gasteiger partial charge < -0.3 is 0 Å². The highest BCUT2D eigenvalue weighted by molar-refractivity contribution is 5.65. The van der Waals surface area contributed by atoms with Crippen LogP contribution in [0.2, 0.25) is 0 Å². The number of benzene rings is 2. The van der Waals surface area contributed by atoms with Gasteiger partial charge in [-0.2, -0.15) is 13.2 Å². The van der Waals surface area contributed by atoms with Gasteiger partial charge in [0.25, 0.3) is 0 Å². The van der Waals surface area contributed by atoms with Crippen molar-refractivity contribution in [3.05, 3.63) is 71.8 Å². The van der Waals surface area contributed by atoms with Crippen LogP contribution in [0.4, 0.5) is 22.0 Å². The van der Waals surface area contributed by atoms with Crippen LogP contribution in [0.1, 0.15) is 49.1 Å². The van der Waals surface area contributed by atoms with E-state index in [2.05, 4.69) is 6.58 Å². The summed E-state index contributed by atoms with van der Waals surface area (Å²) in [6.45, 7) is 3.86. The molecule has 1 saturated carbocycles. The predicted octanol–water partition coefficient (Wildman–Crippen LogP) is 7.40. The molecule has 0 spiro atoms. The lowest BCUT2D eigenvalue weighted by molar-refractivity contribution is -0.123. The second-order valence-corrected chi connectivity index (χ2v) is 7.38. The monoisotopic (exact) mass is 404 g/mol. The minimum absolute atomic E-state index is 0.322. The van der Waals surface area contributed by atoms with Gasteiger partial charge in [0.05, 0.1) is 5.56 Å². The SMILES string of the molecule is C=CC1CCC(c2ccc(-c3cc(F)c(C#CCC(F)(F)F)c(F)c3)cc2)CC1. The van der Waals surface area contributed by atoms with Gasteiger partial charge in [0.2, 0.25) is 0 Å². The molecule has 2 aromatic carbocycles. The van der Waals surface area contributed by atoms with Gasteiger partial charge in [-0.1, -0.05) is 42.2 Å². The third-order valence-electron chi connectivity index (χ3n) is 5.36. The van der Waals surface area contributed by atoms with Gasteiger partial charge in [-0.3, -0.25) is 0 Å². The fraction of sp³-hybridized carbons (Fsp3) is 0.333. The van der Waals surface area contributed by atoms with Crippen molar-refractivity contribution < 1.29 is 22.0 Å². The maximum atomic E-state index is 14.2. The fourth-order valence-corrected chi connectivity index (χ4v) is 3.73. The first-order valence-corrected chi connectivity index (χ1v) is 9.54. The minimum atomic E-state index is -4.49. The van der Waals surface area contributed by atoms with Crippen molar-refractivity contribution in [2.75, 3.05) is 0 Å². The maximum absolute atomic E-state index is 14.2. The van der Waals surface area contributed by atoms with Gasteiger partial charge in [0.15, 0.2) is 0 Å². The van der Waals surface area contributed by atoms with Crippen LogP contribution >= 0.6 is 0 Å². The van der Waals surface area contributed by atoms with Crippen molar-refractivity contribution in [1.29, 1.82) is 0 Å². The van der Waals surface area contributed by atoms with E-state index in [1.54, 1.807) is 5.92 Å². The normalized spacial score (nSPS) is 19.3. The molecule has 0 N–H and O–H groups in total. The van der Waals surface area contributed by atoms with Crippen molar-refractivity contribution in [3.8, 4) is 23.0 Å². The molecule has 0 saturated heterocycles. The highest BCUT2D eigenvalue weighted by atomic mass is 19.4. The number of allylic oxidation sites excluding steroid dienone is 1. The number of hydrogen-bond acceptors (Lipinski definition) is 0. The molecule has 0 atom stereocenters. The van der Waals surface area contributed by atoms with Gasteiger partial charge in [-0.15, -0.1) is 6.58 Å². The lowest BCUT2D eigenvalue weighted by atomic mass is 9.78. The largest absolute Gasteiger partial charge is 0.399 e. The number of hydrogen-bond donors (Lipinski definition) is 0. The van der Waals surface area contributed by atoms with Crippen LogP contribution in [-0.4, -0.2) is 6.18 Å². The Kier molecular flexibility index (Phi) is 6.42. The Balaban J connectivity index is 1.76. The highest BCUT2D eigenvalue weighted by Crippen LogP contribution is 2.37. The Morgan fingerprint density at radius 2 is 1.52 bits per heavy atom. The molecule has 5 heteroatoms. The topological polar surface area (TPSA) is 0 Å². The Hall–Kier alpha value is -2.61. The van der Waals surface area contributed by atoms with Crippen LogP contribution in [0.5, 0.6) is 0 Å². The first-order chi connectivity index (χ1) is 13.8. The number of halogens is 5. The first-order valence-electron chi connectivity index (χ1n) is 9.54. The molecule has 0 unspecified atom stereocenters. The lowest BCUT2D eigenvalue weighted by Gasteiger charge is -2.27. The second-order valence-electron chi connectivity index (χ2n) is 7.38. The summed E-state index contributed by atoms with van der Waals surface area (Å²) in [5.74, 6) is 2.83. The van der Waals surface area contributed by atoms with E-state index in [-0.39, 0.29) is 0 Å². The molecule has 0 aliphatic heterocycles. The summed E-state index contributed by atoms with van der Waals surface area (Å²) in [7, 11) is 0. The van der Waals surface area contributed by atoms with Crippen molar-refractivity contribution >= 4 is 0 Å². The van der Waals surface area contributed by atoms with Crippen LogP contribution in [0.25, 0.3) is 11.1 Å². The summed E-state index contributed by atoms with van der Waals surface area (Å²) in [6, 6.07) is 9.79.